The van der Waals surface area contributed by atoms with Crippen LogP contribution in [0.15, 0.2) is 54.6 Å². The highest BCUT2D eigenvalue weighted by Crippen LogP contribution is 2.36. The molecule has 3 amide bonds. The van der Waals surface area contributed by atoms with E-state index in [1.165, 1.54) is 34.9 Å². The molecule has 2 aliphatic rings. The minimum Gasteiger partial charge on any atom is -0.466 e. The molecule has 0 bridgehead atoms. The maximum atomic E-state index is 14.2. The molecule has 2 saturated heterocycles. The van der Waals surface area contributed by atoms with Gasteiger partial charge in [-0.25, -0.2) is 14.0 Å². The third kappa shape index (κ3) is 7.35. The number of esters is 2. The van der Waals surface area contributed by atoms with Crippen molar-refractivity contribution >= 4 is 29.8 Å². The zero-order valence-corrected chi connectivity index (χ0v) is 25.1. The van der Waals surface area contributed by atoms with Gasteiger partial charge in [0.1, 0.15) is 24.0 Å². The largest absolute Gasteiger partial charge is 0.466 e. The first-order valence-electron chi connectivity index (χ1n) is 14.6. The Bertz CT molecular complexity index is 1370. The van der Waals surface area contributed by atoms with Crippen LogP contribution >= 0.6 is 0 Å². The monoisotopic (exact) mass is 611 g/mol. The normalized spacial score (nSPS) is 20.9. The molecule has 0 saturated carbocycles. The second kappa shape index (κ2) is 14.3. The summed E-state index contributed by atoms with van der Waals surface area (Å²) in [4.78, 5) is 68.4. The number of nitrogens with one attached hydrogen (secondary N) is 1. The highest BCUT2D eigenvalue weighted by Gasteiger charge is 2.53. The first-order chi connectivity index (χ1) is 21.1. The number of benzene rings is 2. The summed E-state index contributed by atoms with van der Waals surface area (Å²) in [7, 11) is 1.13. The molecule has 12 heteroatoms. The number of amides is 3. The molecule has 0 spiro atoms. The van der Waals surface area contributed by atoms with E-state index in [4.69, 9.17) is 14.2 Å². The SMILES string of the molecule is COC(=O)[C@H](OC(C)=O)[C@@H](C)NC(=O)C1(Cc2cccc(F)c2)CCCN1C(=O)C1CCCN1C(=O)OCc1ccccc1. The molecule has 1 N–H and O–H groups in total. The molecule has 2 aliphatic heterocycles. The topological polar surface area (TPSA) is 132 Å². The molecular formula is C32H38FN3O8. The Hall–Kier alpha value is -4.48. The molecule has 2 aromatic rings. The smallest absolute Gasteiger partial charge is 0.410 e. The molecule has 11 nitrogen and oxygen atoms in total. The number of likely N-dealkylation sites (tertiary alicyclic amines) is 2. The van der Waals surface area contributed by atoms with Crippen molar-refractivity contribution in [2.75, 3.05) is 20.2 Å². The summed E-state index contributed by atoms with van der Waals surface area (Å²) >= 11 is 0. The van der Waals surface area contributed by atoms with Gasteiger partial charge in [0.15, 0.2) is 0 Å². The molecule has 2 heterocycles. The Labute approximate surface area is 255 Å². The number of carbonyl (C=O) groups is 5. The molecule has 2 unspecified atom stereocenters. The minimum atomic E-state index is -1.47. The van der Waals surface area contributed by atoms with Gasteiger partial charge < -0.3 is 24.4 Å². The van der Waals surface area contributed by atoms with Crippen molar-refractivity contribution in [2.24, 2.45) is 0 Å². The van der Waals surface area contributed by atoms with Crippen LogP contribution in [0.2, 0.25) is 0 Å². The molecule has 0 aromatic heterocycles. The van der Waals surface area contributed by atoms with Crippen molar-refractivity contribution in [3.8, 4) is 0 Å². The quantitative estimate of drug-likeness (QED) is 0.320. The predicted molar refractivity (Wildman–Crippen MR) is 155 cm³/mol. The van der Waals surface area contributed by atoms with E-state index in [1.54, 1.807) is 6.07 Å². The Balaban J connectivity index is 1.60. The Morgan fingerprint density at radius 3 is 2.43 bits per heavy atom. The van der Waals surface area contributed by atoms with Crippen molar-refractivity contribution in [1.82, 2.24) is 15.1 Å². The second-order valence-electron chi connectivity index (χ2n) is 11.1. The van der Waals surface area contributed by atoms with Crippen LogP contribution in [0.3, 0.4) is 0 Å². The van der Waals surface area contributed by atoms with Crippen LogP contribution < -0.4 is 5.32 Å². The van der Waals surface area contributed by atoms with Crippen molar-refractivity contribution in [1.29, 1.82) is 0 Å². The lowest BCUT2D eigenvalue weighted by atomic mass is 9.86. The second-order valence-corrected chi connectivity index (χ2v) is 11.1. The predicted octanol–water partition coefficient (Wildman–Crippen LogP) is 3.14. The van der Waals surface area contributed by atoms with Crippen LogP contribution in [-0.2, 0) is 46.4 Å². The van der Waals surface area contributed by atoms with Gasteiger partial charge >= 0.3 is 18.0 Å². The highest BCUT2D eigenvalue weighted by molar-refractivity contribution is 5.95. The molecular weight excluding hydrogens is 573 g/mol. The van der Waals surface area contributed by atoms with Gasteiger partial charge in [-0.05, 0) is 55.9 Å². The van der Waals surface area contributed by atoms with E-state index < -0.39 is 59.4 Å². The van der Waals surface area contributed by atoms with Gasteiger partial charge in [-0.1, -0.05) is 42.5 Å². The molecule has 2 fully saturated rings. The van der Waals surface area contributed by atoms with E-state index in [2.05, 4.69) is 5.32 Å². The van der Waals surface area contributed by atoms with E-state index in [-0.39, 0.29) is 26.0 Å². The van der Waals surface area contributed by atoms with Crippen molar-refractivity contribution < 1.29 is 42.6 Å². The van der Waals surface area contributed by atoms with Gasteiger partial charge in [-0.2, -0.15) is 0 Å². The standard InChI is InChI=1S/C32H38FN3O8/c1-21(27(29(39)42-3)44-22(2)37)34-30(40)32(19-24-12-7-13-25(33)18-24)15-9-17-36(32)28(38)26-14-8-16-35(26)31(41)43-20-23-10-5-4-6-11-23/h4-7,10-13,18,21,26-27H,8-9,14-17,19-20H2,1-3H3,(H,34,40)/t21-,26?,27-,32?/m1/s1. The number of halogens is 1. The Morgan fingerprint density at radius 1 is 1.02 bits per heavy atom. The fourth-order valence-electron chi connectivity index (χ4n) is 5.97. The highest BCUT2D eigenvalue weighted by atomic mass is 19.1. The number of nitrogens with zero attached hydrogens (tertiary/aromatic N) is 2. The average molecular weight is 612 g/mol. The summed E-state index contributed by atoms with van der Waals surface area (Å²) in [5.41, 5.74) is -0.179. The number of ether oxygens (including phenoxy) is 3. The van der Waals surface area contributed by atoms with Crippen LogP contribution in [-0.4, -0.2) is 83.6 Å². The summed E-state index contributed by atoms with van der Waals surface area (Å²) in [6, 6.07) is 13.1. The number of hydrogen-bond acceptors (Lipinski definition) is 8. The van der Waals surface area contributed by atoms with Crippen molar-refractivity contribution in [2.45, 2.75) is 76.3 Å². The van der Waals surface area contributed by atoms with Crippen LogP contribution in [0.4, 0.5) is 9.18 Å². The fourth-order valence-corrected chi connectivity index (χ4v) is 5.97. The van der Waals surface area contributed by atoms with Crippen LogP contribution in [0.25, 0.3) is 0 Å². The zero-order chi connectivity index (χ0) is 31.9. The van der Waals surface area contributed by atoms with Gasteiger partial charge in [-0.3, -0.25) is 19.3 Å². The molecule has 44 heavy (non-hydrogen) atoms. The zero-order valence-electron chi connectivity index (χ0n) is 25.1. The number of hydrogen-bond donors (Lipinski definition) is 1. The van der Waals surface area contributed by atoms with Crippen LogP contribution in [0.1, 0.15) is 50.7 Å². The molecule has 2 aromatic carbocycles. The number of methoxy groups -OCH3 is 1. The third-order valence-corrected chi connectivity index (χ3v) is 8.08. The van der Waals surface area contributed by atoms with E-state index in [0.29, 0.717) is 31.4 Å². The van der Waals surface area contributed by atoms with Gasteiger partial charge in [0.2, 0.25) is 17.9 Å². The summed E-state index contributed by atoms with van der Waals surface area (Å²) in [5.74, 6) is -3.11. The molecule has 0 radical (unpaired) electrons. The number of carbonyl (C=O) groups excluding carboxylic acids is 5. The summed E-state index contributed by atoms with van der Waals surface area (Å²) in [6.45, 7) is 3.21. The van der Waals surface area contributed by atoms with Gasteiger partial charge in [0.05, 0.1) is 13.2 Å². The average Bonchev–Trinajstić information content (AvgIpc) is 3.67. The van der Waals surface area contributed by atoms with Crippen LogP contribution in [0, 0.1) is 5.82 Å². The van der Waals surface area contributed by atoms with E-state index in [0.717, 1.165) is 19.6 Å². The lowest BCUT2D eigenvalue weighted by molar-refractivity contribution is -0.167. The molecule has 0 aliphatic carbocycles. The third-order valence-electron chi connectivity index (χ3n) is 8.08. The maximum Gasteiger partial charge on any atom is 0.410 e. The van der Waals surface area contributed by atoms with Gasteiger partial charge in [-0.15, -0.1) is 0 Å². The van der Waals surface area contributed by atoms with E-state index in [1.807, 2.05) is 30.3 Å². The molecule has 236 valence electrons. The number of rotatable bonds is 10. The first-order valence-corrected chi connectivity index (χ1v) is 14.6. The van der Waals surface area contributed by atoms with E-state index in [9.17, 15) is 28.4 Å². The lowest BCUT2D eigenvalue weighted by Crippen LogP contribution is -2.64. The Kier molecular flexibility index (Phi) is 10.6. The van der Waals surface area contributed by atoms with Crippen molar-refractivity contribution in [3.63, 3.8) is 0 Å². The summed E-state index contributed by atoms with van der Waals surface area (Å²) in [6.07, 6.45) is -0.387. The summed E-state index contributed by atoms with van der Waals surface area (Å²) in [5, 5.41) is 2.76. The van der Waals surface area contributed by atoms with Crippen LogP contribution in [0.5, 0.6) is 0 Å². The maximum absolute atomic E-state index is 14.2. The molecule has 4 atom stereocenters. The minimum absolute atomic E-state index is 0.0172. The first kappa shape index (κ1) is 32.4. The van der Waals surface area contributed by atoms with Gasteiger partial charge in [0.25, 0.3) is 0 Å². The Morgan fingerprint density at radius 2 is 1.75 bits per heavy atom. The summed E-state index contributed by atoms with van der Waals surface area (Å²) < 4.78 is 29.6. The molecule has 4 rings (SSSR count). The van der Waals surface area contributed by atoms with Crippen molar-refractivity contribution in [3.05, 3.63) is 71.5 Å². The fraction of sp³-hybridized carbons (Fsp3) is 0.469. The van der Waals surface area contributed by atoms with Gasteiger partial charge in [0, 0.05) is 26.4 Å². The lowest BCUT2D eigenvalue weighted by Gasteiger charge is -2.40. The van der Waals surface area contributed by atoms with E-state index >= 15 is 0 Å².